The maximum Gasteiger partial charge on any atom is 0.0831 e. The Morgan fingerprint density at radius 3 is 2.89 bits per heavy atom. The van der Waals surface area contributed by atoms with Crippen LogP contribution in [0, 0.1) is 5.92 Å². The van der Waals surface area contributed by atoms with Crippen molar-refractivity contribution in [3.63, 3.8) is 0 Å². The zero-order chi connectivity index (χ0) is 13.1. The summed E-state index contributed by atoms with van der Waals surface area (Å²) in [4.78, 5) is 0. The summed E-state index contributed by atoms with van der Waals surface area (Å²) >= 11 is 0. The molecule has 3 unspecified atom stereocenters. The van der Waals surface area contributed by atoms with Gasteiger partial charge < -0.3 is 9.84 Å². The second-order valence-electron chi connectivity index (χ2n) is 6.01. The first-order chi connectivity index (χ1) is 9.34. The molecule has 0 amide bonds. The van der Waals surface area contributed by atoms with Gasteiger partial charge in [0.25, 0.3) is 0 Å². The molecule has 1 N–H and O–H groups in total. The van der Waals surface area contributed by atoms with Crippen molar-refractivity contribution in [1.82, 2.24) is 0 Å². The fourth-order valence-electron chi connectivity index (χ4n) is 3.59. The van der Waals surface area contributed by atoms with Crippen LogP contribution in [0.1, 0.15) is 55.8 Å². The number of hydrogen-bond donors (Lipinski definition) is 1. The maximum atomic E-state index is 10.3. The Bertz CT molecular complexity index is 415. The summed E-state index contributed by atoms with van der Waals surface area (Å²) in [6, 6.07) is 8.63. The highest BCUT2D eigenvalue weighted by Crippen LogP contribution is 2.36. The maximum absolute atomic E-state index is 10.3. The summed E-state index contributed by atoms with van der Waals surface area (Å²) in [6.45, 7) is 0.824. The predicted octanol–water partition coefficient (Wildman–Crippen LogP) is 3.63. The summed E-state index contributed by atoms with van der Waals surface area (Å²) in [7, 11) is 0. The van der Waals surface area contributed by atoms with E-state index in [-0.39, 0.29) is 12.2 Å². The minimum Gasteiger partial charge on any atom is -0.393 e. The molecule has 1 aliphatic carbocycles. The Hall–Kier alpha value is -0.860. The summed E-state index contributed by atoms with van der Waals surface area (Å²) < 4.78 is 5.99. The van der Waals surface area contributed by atoms with E-state index in [1.54, 1.807) is 0 Å². The van der Waals surface area contributed by atoms with E-state index in [1.165, 1.54) is 30.4 Å². The van der Waals surface area contributed by atoms with Crippen molar-refractivity contribution in [1.29, 1.82) is 0 Å². The van der Waals surface area contributed by atoms with Crippen molar-refractivity contribution in [3.8, 4) is 0 Å². The van der Waals surface area contributed by atoms with Gasteiger partial charge in [-0.3, -0.25) is 0 Å². The van der Waals surface area contributed by atoms with Gasteiger partial charge in [0.2, 0.25) is 0 Å². The quantitative estimate of drug-likeness (QED) is 0.823. The number of ether oxygens (including phenoxy) is 1. The lowest BCUT2D eigenvalue weighted by Gasteiger charge is -2.30. The van der Waals surface area contributed by atoms with E-state index in [0.717, 1.165) is 32.3 Å². The molecule has 2 heteroatoms. The molecule has 0 radical (unpaired) electrons. The van der Waals surface area contributed by atoms with Gasteiger partial charge in [0.1, 0.15) is 0 Å². The van der Waals surface area contributed by atoms with Gasteiger partial charge in [0, 0.05) is 0 Å². The molecule has 1 aliphatic heterocycles. The van der Waals surface area contributed by atoms with Gasteiger partial charge in [0.05, 0.1) is 18.8 Å². The smallest absolute Gasteiger partial charge is 0.0831 e. The molecule has 0 aromatic heterocycles. The van der Waals surface area contributed by atoms with Gasteiger partial charge in [-0.15, -0.1) is 0 Å². The highest BCUT2D eigenvalue weighted by atomic mass is 16.5. The fraction of sp³-hybridized carbons (Fsp3) is 0.647. The van der Waals surface area contributed by atoms with Crippen LogP contribution in [0.3, 0.4) is 0 Å². The van der Waals surface area contributed by atoms with Gasteiger partial charge in [-0.25, -0.2) is 0 Å². The van der Waals surface area contributed by atoms with Crippen LogP contribution in [0.25, 0.3) is 0 Å². The third-order valence-electron chi connectivity index (χ3n) is 4.73. The number of fused-ring (bicyclic) bond motifs is 1. The van der Waals surface area contributed by atoms with Crippen LogP contribution < -0.4 is 0 Å². The molecular formula is C17H24O2. The molecule has 0 spiro atoms. The molecule has 1 aromatic carbocycles. The van der Waals surface area contributed by atoms with Gasteiger partial charge in [0.15, 0.2) is 0 Å². The number of benzene rings is 1. The molecule has 1 heterocycles. The van der Waals surface area contributed by atoms with Crippen LogP contribution >= 0.6 is 0 Å². The zero-order valence-electron chi connectivity index (χ0n) is 11.6. The van der Waals surface area contributed by atoms with Crippen LogP contribution in [-0.4, -0.2) is 17.8 Å². The molecule has 104 valence electrons. The Labute approximate surface area is 115 Å². The van der Waals surface area contributed by atoms with Crippen molar-refractivity contribution in [2.45, 2.75) is 57.2 Å². The van der Waals surface area contributed by atoms with Crippen LogP contribution in [0.2, 0.25) is 0 Å². The summed E-state index contributed by atoms with van der Waals surface area (Å²) in [5, 5.41) is 10.3. The third-order valence-corrected chi connectivity index (χ3v) is 4.73. The van der Waals surface area contributed by atoms with Crippen LogP contribution in [0.15, 0.2) is 24.3 Å². The van der Waals surface area contributed by atoms with E-state index in [4.69, 9.17) is 4.74 Å². The molecular weight excluding hydrogens is 236 g/mol. The monoisotopic (exact) mass is 260 g/mol. The molecule has 3 rings (SSSR count). The molecule has 2 aliphatic rings. The predicted molar refractivity (Wildman–Crippen MR) is 76.0 cm³/mol. The minimum absolute atomic E-state index is 0.125. The summed E-state index contributed by atoms with van der Waals surface area (Å²) in [6.07, 6.45) is 7.93. The van der Waals surface area contributed by atoms with E-state index in [1.807, 2.05) is 0 Å². The van der Waals surface area contributed by atoms with E-state index >= 15 is 0 Å². The standard InChI is InChI=1S/C17H24O2/c18-16-9-3-1-2-7-14(16)12-17-15-8-5-4-6-13(15)10-11-19-17/h4-6,8,14,16-18H,1-3,7,9-12H2. The molecule has 19 heavy (non-hydrogen) atoms. The lowest BCUT2D eigenvalue weighted by atomic mass is 9.86. The van der Waals surface area contributed by atoms with E-state index in [9.17, 15) is 5.11 Å². The Morgan fingerprint density at radius 1 is 1.11 bits per heavy atom. The van der Waals surface area contributed by atoms with Gasteiger partial charge in [-0.05, 0) is 42.7 Å². The van der Waals surface area contributed by atoms with Crippen molar-refractivity contribution >= 4 is 0 Å². The second-order valence-corrected chi connectivity index (χ2v) is 6.01. The number of hydrogen-bond acceptors (Lipinski definition) is 2. The Kier molecular flexibility index (Phi) is 4.19. The lowest BCUT2D eigenvalue weighted by Crippen LogP contribution is -2.25. The first kappa shape index (κ1) is 13.1. The first-order valence-corrected chi connectivity index (χ1v) is 7.72. The first-order valence-electron chi connectivity index (χ1n) is 7.72. The number of aliphatic hydroxyl groups excluding tert-OH is 1. The molecule has 2 nitrogen and oxygen atoms in total. The van der Waals surface area contributed by atoms with E-state index < -0.39 is 0 Å². The third kappa shape index (κ3) is 3.01. The normalized spacial score (nSPS) is 31.5. The van der Waals surface area contributed by atoms with Crippen LogP contribution in [-0.2, 0) is 11.2 Å². The average Bonchev–Trinajstić information content (AvgIpc) is 2.65. The molecule has 0 saturated heterocycles. The van der Waals surface area contributed by atoms with Gasteiger partial charge in [-0.1, -0.05) is 43.5 Å². The molecule has 3 atom stereocenters. The SMILES string of the molecule is OC1CCCCCC1CC1OCCc2ccccc21. The lowest BCUT2D eigenvalue weighted by molar-refractivity contribution is 0.000291. The fourth-order valence-corrected chi connectivity index (χ4v) is 3.59. The minimum atomic E-state index is -0.125. The summed E-state index contributed by atoms with van der Waals surface area (Å²) in [5.41, 5.74) is 2.78. The van der Waals surface area contributed by atoms with Crippen molar-refractivity contribution in [2.24, 2.45) is 5.92 Å². The van der Waals surface area contributed by atoms with E-state index in [0.29, 0.717) is 5.92 Å². The zero-order valence-corrected chi connectivity index (χ0v) is 11.6. The van der Waals surface area contributed by atoms with Gasteiger partial charge in [-0.2, -0.15) is 0 Å². The molecule has 1 fully saturated rings. The molecule has 0 bridgehead atoms. The van der Waals surface area contributed by atoms with Crippen LogP contribution in [0.5, 0.6) is 0 Å². The highest BCUT2D eigenvalue weighted by molar-refractivity contribution is 5.30. The van der Waals surface area contributed by atoms with Crippen LogP contribution in [0.4, 0.5) is 0 Å². The molecule has 1 aromatic rings. The Balaban J connectivity index is 1.73. The highest BCUT2D eigenvalue weighted by Gasteiger charge is 2.28. The van der Waals surface area contributed by atoms with Crippen molar-refractivity contribution < 1.29 is 9.84 Å². The van der Waals surface area contributed by atoms with E-state index in [2.05, 4.69) is 24.3 Å². The average molecular weight is 260 g/mol. The largest absolute Gasteiger partial charge is 0.393 e. The summed E-state index contributed by atoms with van der Waals surface area (Å²) in [5.74, 6) is 0.415. The van der Waals surface area contributed by atoms with Gasteiger partial charge >= 0.3 is 0 Å². The number of rotatable bonds is 2. The number of aliphatic hydroxyl groups is 1. The van der Waals surface area contributed by atoms with Crippen molar-refractivity contribution in [2.75, 3.05) is 6.61 Å². The van der Waals surface area contributed by atoms with Crippen molar-refractivity contribution in [3.05, 3.63) is 35.4 Å². The Morgan fingerprint density at radius 2 is 1.95 bits per heavy atom. The molecule has 1 saturated carbocycles. The topological polar surface area (TPSA) is 29.5 Å². The second kappa shape index (κ2) is 6.06.